The van der Waals surface area contributed by atoms with Crippen LogP contribution in [-0.4, -0.2) is 29.9 Å². The van der Waals surface area contributed by atoms with Crippen LogP contribution < -0.4 is 4.74 Å². The summed E-state index contributed by atoms with van der Waals surface area (Å²) in [6, 6.07) is 7.53. The van der Waals surface area contributed by atoms with E-state index in [1.165, 1.54) is 0 Å². The van der Waals surface area contributed by atoms with Crippen LogP contribution in [0.2, 0.25) is 0 Å². The Morgan fingerprint density at radius 2 is 2.17 bits per heavy atom. The van der Waals surface area contributed by atoms with Crippen LogP contribution in [0.5, 0.6) is 5.75 Å². The van der Waals surface area contributed by atoms with Crippen molar-refractivity contribution in [3.8, 4) is 5.75 Å². The monoisotopic (exact) mass is 250 g/mol. The van der Waals surface area contributed by atoms with Crippen LogP contribution in [0.25, 0.3) is 0 Å². The van der Waals surface area contributed by atoms with Crippen molar-refractivity contribution in [2.75, 3.05) is 13.2 Å². The zero-order valence-electron chi connectivity index (χ0n) is 10.5. The lowest BCUT2D eigenvalue weighted by Crippen LogP contribution is -2.40. The number of hydrogen-bond acceptors (Lipinski definition) is 3. The Hall–Kier alpha value is -1.55. The topological polar surface area (TPSA) is 55.8 Å². The summed E-state index contributed by atoms with van der Waals surface area (Å²) < 4.78 is 10.8. The molecule has 2 rings (SSSR count). The fraction of sp³-hybridized carbons (Fsp3) is 0.500. The van der Waals surface area contributed by atoms with Gasteiger partial charge in [-0.15, -0.1) is 0 Å². The number of rotatable bonds is 5. The van der Waals surface area contributed by atoms with Crippen molar-refractivity contribution < 1.29 is 19.4 Å². The number of carbonyl (C=O) groups is 1. The van der Waals surface area contributed by atoms with Crippen molar-refractivity contribution in [2.45, 2.75) is 31.8 Å². The molecule has 4 nitrogen and oxygen atoms in total. The van der Waals surface area contributed by atoms with Crippen molar-refractivity contribution in [3.63, 3.8) is 0 Å². The van der Waals surface area contributed by atoms with Gasteiger partial charge in [0.1, 0.15) is 5.75 Å². The van der Waals surface area contributed by atoms with Gasteiger partial charge in [-0.1, -0.05) is 12.1 Å². The summed E-state index contributed by atoms with van der Waals surface area (Å²) in [5.74, 6) is -0.0631. The fourth-order valence-corrected chi connectivity index (χ4v) is 2.28. The molecule has 1 unspecified atom stereocenters. The second kappa shape index (κ2) is 5.40. The molecule has 1 aromatic rings. The molecule has 1 heterocycles. The lowest BCUT2D eigenvalue weighted by Gasteiger charge is -2.23. The Labute approximate surface area is 107 Å². The zero-order chi connectivity index (χ0) is 13.0. The van der Waals surface area contributed by atoms with Crippen LogP contribution in [0.1, 0.15) is 25.3 Å². The predicted octanol–water partition coefficient (Wildman–Crippen LogP) is 2.26. The molecule has 0 amide bonds. The molecule has 0 aromatic heterocycles. The number of hydrogen-bond donors (Lipinski definition) is 1. The minimum atomic E-state index is -1.03. The molecule has 18 heavy (non-hydrogen) atoms. The van der Waals surface area contributed by atoms with Gasteiger partial charge in [-0.25, -0.2) is 4.79 Å². The molecule has 1 saturated heterocycles. The molecule has 4 heteroatoms. The number of benzene rings is 1. The van der Waals surface area contributed by atoms with Gasteiger partial charge in [0, 0.05) is 13.0 Å². The van der Waals surface area contributed by atoms with E-state index >= 15 is 0 Å². The van der Waals surface area contributed by atoms with Gasteiger partial charge in [0.05, 0.1) is 6.61 Å². The highest BCUT2D eigenvalue weighted by Gasteiger charge is 2.42. The van der Waals surface area contributed by atoms with E-state index in [0.717, 1.165) is 17.7 Å². The third kappa shape index (κ3) is 2.64. The summed E-state index contributed by atoms with van der Waals surface area (Å²) in [5.41, 5.74) is -0.0737. The van der Waals surface area contributed by atoms with Gasteiger partial charge in [-0.05, 0) is 37.5 Å². The Morgan fingerprint density at radius 1 is 1.44 bits per heavy atom. The highest BCUT2D eigenvalue weighted by atomic mass is 16.5. The quantitative estimate of drug-likeness (QED) is 0.871. The summed E-state index contributed by atoms with van der Waals surface area (Å²) in [5, 5.41) is 9.31. The average Bonchev–Trinajstić information content (AvgIpc) is 2.82. The molecule has 0 aliphatic carbocycles. The van der Waals surface area contributed by atoms with Gasteiger partial charge in [0.25, 0.3) is 0 Å². The van der Waals surface area contributed by atoms with Crippen molar-refractivity contribution in [1.82, 2.24) is 0 Å². The molecular formula is C14H18O4. The third-order valence-corrected chi connectivity index (χ3v) is 3.22. The van der Waals surface area contributed by atoms with Gasteiger partial charge in [0.15, 0.2) is 5.60 Å². The van der Waals surface area contributed by atoms with E-state index in [9.17, 15) is 9.90 Å². The molecule has 0 radical (unpaired) electrons. The number of ether oxygens (including phenoxy) is 2. The second-order valence-electron chi connectivity index (χ2n) is 4.51. The number of aliphatic carboxylic acids is 1. The second-order valence-corrected chi connectivity index (χ2v) is 4.51. The molecule has 1 aliphatic heterocycles. The summed E-state index contributed by atoms with van der Waals surface area (Å²) in [4.78, 5) is 11.3. The summed E-state index contributed by atoms with van der Waals surface area (Å²) in [7, 11) is 0. The van der Waals surface area contributed by atoms with Gasteiger partial charge in [-0.2, -0.15) is 0 Å². The van der Waals surface area contributed by atoms with E-state index in [0.29, 0.717) is 26.1 Å². The Kier molecular flexibility index (Phi) is 3.87. The SMILES string of the molecule is CCOc1ccc(CC2(C(=O)O)CCCO2)cc1. The molecule has 1 N–H and O–H groups in total. The lowest BCUT2D eigenvalue weighted by atomic mass is 9.92. The van der Waals surface area contributed by atoms with Crippen molar-refractivity contribution >= 4 is 5.97 Å². The van der Waals surface area contributed by atoms with Crippen molar-refractivity contribution in [1.29, 1.82) is 0 Å². The maximum absolute atomic E-state index is 11.3. The largest absolute Gasteiger partial charge is 0.494 e. The molecule has 0 saturated carbocycles. The van der Waals surface area contributed by atoms with E-state index in [2.05, 4.69) is 0 Å². The summed E-state index contributed by atoms with van der Waals surface area (Å²) in [6.07, 6.45) is 1.80. The van der Waals surface area contributed by atoms with Gasteiger partial charge in [-0.3, -0.25) is 0 Å². The molecular weight excluding hydrogens is 232 g/mol. The van der Waals surface area contributed by atoms with E-state index in [-0.39, 0.29) is 0 Å². The standard InChI is InChI=1S/C14H18O4/c1-2-17-12-6-4-11(5-7-12)10-14(13(15)16)8-3-9-18-14/h4-7H,2-3,8-10H2,1H3,(H,15,16). The van der Waals surface area contributed by atoms with E-state index in [1.807, 2.05) is 31.2 Å². The van der Waals surface area contributed by atoms with Crippen molar-refractivity contribution in [2.24, 2.45) is 0 Å². The van der Waals surface area contributed by atoms with Crippen LogP contribution in [0.3, 0.4) is 0 Å². The molecule has 1 aromatic carbocycles. The maximum Gasteiger partial charge on any atom is 0.336 e. The highest BCUT2D eigenvalue weighted by molar-refractivity contribution is 5.78. The first-order valence-corrected chi connectivity index (χ1v) is 6.25. The smallest absolute Gasteiger partial charge is 0.336 e. The first-order chi connectivity index (χ1) is 8.66. The number of carboxylic acid groups (broad SMARTS) is 1. The average molecular weight is 250 g/mol. The first kappa shape index (κ1) is 12.9. The van der Waals surface area contributed by atoms with Crippen LogP contribution in [-0.2, 0) is 16.0 Å². The Balaban J connectivity index is 2.10. The zero-order valence-corrected chi connectivity index (χ0v) is 10.5. The number of carboxylic acids is 1. The lowest BCUT2D eigenvalue weighted by molar-refractivity contribution is -0.159. The van der Waals surface area contributed by atoms with Gasteiger partial charge in [0.2, 0.25) is 0 Å². The van der Waals surface area contributed by atoms with Crippen LogP contribution >= 0.6 is 0 Å². The summed E-state index contributed by atoms with van der Waals surface area (Å²) >= 11 is 0. The Bertz CT molecular complexity index is 404. The van der Waals surface area contributed by atoms with Gasteiger partial charge >= 0.3 is 5.97 Å². The maximum atomic E-state index is 11.3. The minimum Gasteiger partial charge on any atom is -0.494 e. The predicted molar refractivity (Wildman–Crippen MR) is 66.9 cm³/mol. The molecule has 1 fully saturated rings. The Morgan fingerprint density at radius 3 is 2.67 bits per heavy atom. The highest BCUT2D eigenvalue weighted by Crippen LogP contribution is 2.30. The van der Waals surface area contributed by atoms with Crippen LogP contribution in [0.4, 0.5) is 0 Å². The normalized spacial score (nSPS) is 22.9. The fourth-order valence-electron chi connectivity index (χ4n) is 2.28. The van der Waals surface area contributed by atoms with E-state index in [4.69, 9.17) is 9.47 Å². The van der Waals surface area contributed by atoms with Crippen LogP contribution in [0.15, 0.2) is 24.3 Å². The van der Waals surface area contributed by atoms with Gasteiger partial charge < -0.3 is 14.6 Å². The first-order valence-electron chi connectivity index (χ1n) is 6.25. The molecule has 0 bridgehead atoms. The van der Waals surface area contributed by atoms with E-state index in [1.54, 1.807) is 0 Å². The molecule has 1 atom stereocenters. The van der Waals surface area contributed by atoms with Crippen LogP contribution in [0, 0.1) is 0 Å². The summed E-state index contributed by atoms with van der Waals surface area (Å²) in [6.45, 7) is 3.09. The molecule has 1 aliphatic rings. The molecule has 98 valence electrons. The third-order valence-electron chi connectivity index (χ3n) is 3.22. The van der Waals surface area contributed by atoms with E-state index < -0.39 is 11.6 Å². The van der Waals surface area contributed by atoms with Crippen molar-refractivity contribution in [3.05, 3.63) is 29.8 Å². The minimum absolute atomic E-state index is 0.411. The molecule has 0 spiro atoms.